The molecule has 0 atom stereocenters. The summed E-state index contributed by atoms with van der Waals surface area (Å²) in [7, 11) is 0. The van der Waals surface area contributed by atoms with Crippen molar-refractivity contribution in [2.24, 2.45) is 0 Å². The van der Waals surface area contributed by atoms with Crippen LogP contribution < -0.4 is 0 Å². The second-order valence-electron chi connectivity index (χ2n) is 13.9. The number of benzene rings is 8. The van der Waals surface area contributed by atoms with Gasteiger partial charge in [-0.15, -0.1) is 0 Å². The van der Waals surface area contributed by atoms with Gasteiger partial charge in [-0.25, -0.2) is 14.4 Å². The third-order valence-electron chi connectivity index (χ3n) is 11.1. The van der Waals surface area contributed by atoms with E-state index in [0.717, 1.165) is 65.4 Å². The van der Waals surface area contributed by atoms with Crippen molar-refractivity contribution in [2.45, 2.75) is 0 Å². The van der Waals surface area contributed by atoms with E-state index in [2.05, 4.69) is 136 Å². The molecule has 0 saturated heterocycles. The van der Waals surface area contributed by atoms with Crippen LogP contribution in [0.2, 0.25) is 0 Å². The van der Waals surface area contributed by atoms with Gasteiger partial charge in [-0.3, -0.25) is 4.57 Å². The standard InChI is InChI=1S/C48H27FN4/c49-32-15-9-14-31(25-32)44-37-24-23-28-11-3-4-16-33(28)45(37)51-48(50-44)53-42-22-10-19-35-39-27-30-13-2-1-12-29(30)26-38(39)34-17-5-7-20-40(34)52-41-21-8-6-18-36(41)46(53)47(52)43(35)42/h1-27H. The van der Waals surface area contributed by atoms with Gasteiger partial charge < -0.3 is 4.40 Å². The largest absolute Gasteiger partial charge is 0.306 e. The quantitative estimate of drug-likeness (QED) is 0.171. The Hall–Kier alpha value is -7.11. The Balaban J connectivity index is 1.36. The molecule has 0 aliphatic carbocycles. The predicted molar refractivity (Wildman–Crippen MR) is 218 cm³/mol. The number of para-hydroxylation sites is 2. The summed E-state index contributed by atoms with van der Waals surface area (Å²) in [5, 5.41) is 12.3. The van der Waals surface area contributed by atoms with Crippen molar-refractivity contribution in [3.8, 4) is 17.2 Å². The SMILES string of the molecule is Fc1cccc(-c2nc(-n3c4cccc5c6cc7ccccc7cc6c6ccccc6n6c7ccccc7c3c6c54)nc3c2ccc2ccccc23)c1. The minimum absolute atomic E-state index is 0.304. The normalized spacial score (nSPS) is 12.2. The second-order valence-corrected chi connectivity index (χ2v) is 13.9. The highest BCUT2D eigenvalue weighted by Gasteiger charge is 2.25. The molecular weight excluding hydrogens is 652 g/mol. The van der Waals surface area contributed by atoms with Crippen molar-refractivity contribution < 1.29 is 4.39 Å². The van der Waals surface area contributed by atoms with Crippen LogP contribution in [0.15, 0.2) is 164 Å². The highest BCUT2D eigenvalue weighted by molar-refractivity contribution is 6.30. The number of aromatic nitrogens is 4. The maximum absolute atomic E-state index is 14.9. The first-order valence-corrected chi connectivity index (χ1v) is 17.9. The number of nitrogens with zero attached hydrogens (tertiary/aromatic N) is 4. The van der Waals surface area contributed by atoms with Gasteiger partial charge in [0, 0.05) is 32.5 Å². The molecule has 4 nitrogen and oxygen atoms in total. The molecule has 0 aliphatic rings. The number of hydrogen-bond donors (Lipinski definition) is 0. The van der Waals surface area contributed by atoms with Crippen LogP contribution in [-0.2, 0) is 0 Å². The summed E-state index contributed by atoms with van der Waals surface area (Å²) in [5.74, 6) is 0.237. The van der Waals surface area contributed by atoms with E-state index in [1.54, 1.807) is 12.1 Å². The molecule has 0 spiro atoms. The van der Waals surface area contributed by atoms with Gasteiger partial charge in [0.15, 0.2) is 0 Å². The van der Waals surface area contributed by atoms with E-state index in [9.17, 15) is 4.39 Å². The van der Waals surface area contributed by atoms with Gasteiger partial charge in [-0.05, 0) is 80.8 Å². The summed E-state index contributed by atoms with van der Waals surface area (Å²) in [5.41, 5.74) is 7.60. The van der Waals surface area contributed by atoms with Gasteiger partial charge in [-0.1, -0.05) is 115 Å². The Labute approximate surface area is 301 Å². The third kappa shape index (κ3) is 3.88. The fraction of sp³-hybridized carbons (Fsp3) is 0. The van der Waals surface area contributed by atoms with Crippen LogP contribution in [0.5, 0.6) is 0 Å². The summed E-state index contributed by atoms with van der Waals surface area (Å²) >= 11 is 0. The molecule has 246 valence electrons. The average Bonchev–Trinajstić information content (AvgIpc) is 3.72. The van der Waals surface area contributed by atoms with Crippen LogP contribution in [0.25, 0.3) is 110 Å². The summed E-state index contributed by atoms with van der Waals surface area (Å²) in [6.07, 6.45) is 0. The van der Waals surface area contributed by atoms with Gasteiger partial charge in [0.2, 0.25) is 5.95 Å². The van der Waals surface area contributed by atoms with Crippen LogP contribution in [0, 0.1) is 5.82 Å². The Morgan fingerprint density at radius 1 is 0.415 bits per heavy atom. The molecule has 12 aromatic rings. The summed E-state index contributed by atoms with van der Waals surface area (Å²) in [4.78, 5) is 10.8. The second kappa shape index (κ2) is 10.5. The van der Waals surface area contributed by atoms with E-state index >= 15 is 0 Å². The highest BCUT2D eigenvalue weighted by atomic mass is 19.1. The lowest BCUT2D eigenvalue weighted by Crippen LogP contribution is -2.04. The number of rotatable bonds is 2. The summed E-state index contributed by atoms with van der Waals surface area (Å²) in [6.45, 7) is 0. The van der Waals surface area contributed by atoms with Crippen LogP contribution in [0.3, 0.4) is 0 Å². The fourth-order valence-corrected chi connectivity index (χ4v) is 8.85. The minimum Gasteiger partial charge on any atom is -0.306 e. The first kappa shape index (κ1) is 28.6. The van der Waals surface area contributed by atoms with Gasteiger partial charge in [0.25, 0.3) is 0 Å². The molecule has 4 aromatic heterocycles. The molecule has 4 heterocycles. The van der Waals surface area contributed by atoms with Crippen LogP contribution in [0.4, 0.5) is 4.39 Å². The Morgan fingerprint density at radius 2 is 1.04 bits per heavy atom. The molecule has 8 aromatic carbocycles. The van der Waals surface area contributed by atoms with Crippen LogP contribution in [0.1, 0.15) is 0 Å². The molecule has 0 unspecified atom stereocenters. The zero-order chi connectivity index (χ0) is 34.8. The lowest BCUT2D eigenvalue weighted by Gasteiger charge is -2.14. The molecular formula is C48H27FN4. The lowest BCUT2D eigenvalue weighted by atomic mass is 9.97. The molecule has 0 fully saturated rings. The lowest BCUT2D eigenvalue weighted by molar-refractivity contribution is 0.628. The van der Waals surface area contributed by atoms with Crippen molar-refractivity contribution in [3.63, 3.8) is 0 Å². The van der Waals surface area contributed by atoms with Crippen molar-refractivity contribution >= 4 is 92.3 Å². The van der Waals surface area contributed by atoms with E-state index in [0.29, 0.717) is 17.2 Å². The van der Waals surface area contributed by atoms with Gasteiger partial charge in [0.1, 0.15) is 5.82 Å². The Morgan fingerprint density at radius 3 is 1.83 bits per heavy atom. The van der Waals surface area contributed by atoms with E-state index in [4.69, 9.17) is 9.97 Å². The van der Waals surface area contributed by atoms with Crippen LogP contribution in [-0.4, -0.2) is 18.9 Å². The Bertz CT molecular complexity index is 3540. The molecule has 5 heteroatoms. The topological polar surface area (TPSA) is 35.1 Å². The number of hydrogen-bond acceptors (Lipinski definition) is 2. The van der Waals surface area contributed by atoms with Crippen molar-refractivity contribution in [3.05, 3.63) is 170 Å². The monoisotopic (exact) mass is 678 g/mol. The highest BCUT2D eigenvalue weighted by Crippen LogP contribution is 2.45. The Kier molecular flexibility index (Phi) is 5.64. The number of halogens is 1. The fourth-order valence-electron chi connectivity index (χ4n) is 8.85. The van der Waals surface area contributed by atoms with E-state index in [1.807, 2.05) is 18.2 Å². The zero-order valence-electron chi connectivity index (χ0n) is 28.3. The molecule has 12 rings (SSSR count). The molecule has 0 amide bonds. The summed E-state index contributed by atoms with van der Waals surface area (Å²) in [6, 6.07) is 56.4. The van der Waals surface area contributed by atoms with Crippen molar-refractivity contribution in [1.29, 1.82) is 0 Å². The minimum atomic E-state index is -0.304. The van der Waals surface area contributed by atoms with Crippen molar-refractivity contribution in [2.75, 3.05) is 0 Å². The molecule has 53 heavy (non-hydrogen) atoms. The zero-order valence-corrected chi connectivity index (χ0v) is 28.3. The smallest absolute Gasteiger partial charge is 0.235 e. The first-order chi connectivity index (χ1) is 26.2. The molecule has 0 saturated carbocycles. The summed E-state index contributed by atoms with van der Waals surface area (Å²) < 4.78 is 19.6. The first-order valence-electron chi connectivity index (χ1n) is 17.9. The average molecular weight is 679 g/mol. The van der Waals surface area contributed by atoms with Gasteiger partial charge >= 0.3 is 0 Å². The van der Waals surface area contributed by atoms with E-state index < -0.39 is 0 Å². The van der Waals surface area contributed by atoms with Gasteiger partial charge in [-0.2, -0.15) is 0 Å². The maximum Gasteiger partial charge on any atom is 0.235 e. The van der Waals surface area contributed by atoms with Crippen molar-refractivity contribution in [1.82, 2.24) is 18.9 Å². The maximum atomic E-state index is 14.9. The third-order valence-corrected chi connectivity index (χ3v) is 11.1. The van der Waals surface area contributed by atoms with E-state index in [-0.39, 0.29) is 5.82 Å². The van der Waals surface area contributed by atoms with E-state index in [1.165, 1.54) is 33.0 Å². The van der Waals surface area contributed by atoms with Crippen LogP contribution >= 0.6 is 0 Å². The molecule has 0 bridgehead atoms. The predicted octanol–water partition coefficient (Wildman–Crippen LogP) is 12.6. The molecule has 0 radical (unpaired) electrons. The molecule has 0 aliphatic heterocycles. The van der Waals surface area contributed by atoms with Gasteiger partial charge in [0.05, 0.1) is 38.8 Å². The number of fused-ring (bicyclic) bond motifs is 12. The molecule has 0 N–H and O–H groups in total.